The minimum absolute atomic E-state index is 0.233. The van der Waals surface area contributed by atoms with Crippen molar-refractivity contribution in [1.82, 2.24) is 10.4 Å². The van der Waals surface area contributed by atoms with Gasteiger partial charge in [0.25, 0.3) is 5.91 Å². The van der Waals surface area contributed by atoms with Crippen molar-refractivity contribution < 1.29 is 9.90 Å². The molecule has 3 rings (SSSR count). The van der Waals surface area contributed by atoms with E-state index in [0.717, 1.165) is 26.9 Å². The van der Waals surface area contributed by atoms with Crippen molar-refractivity contribution in [2.45, 2.75) is 52.4 Å². The van der Waals surface area contributed by atoms with E-state index in [4.69, 9.17) is 5.73 Å². The molecule has 1 amide bonds. The highest BCUT2D eigenvalue weighted by Gasteiger charge is 2.26. The first-order valence-electron chi connectivity index (χ1n) is 9.74. The number of aromatic nitrogens is 1. The minimum Gasteiger partial charge on any atom is -0.507 e. The van der Waals surface area contributed by atoms with Crippen LogP contribution >= 0.6 is 11.3 Å². The summed E-state index contributed by atoms with van der Waals surface area (Å²) in [6, 6.07) is 9.04. The molecule has 3 aromatic rings. The molecule has 0 spiro atoms. The Balaban J connectivity index is 1.86. The minimum atomic E-state index is -0.314. The first-order chi connectivity index (χ1) is 13.9. The second-order valence-corrected chi connectivity index (χ2v) is 10.5. The molecule has 0 saturated heterocycles. The Bertz CT molecular complexity index is 1100. The third-order valence-electron chi connectivity index (χ3n) is 4.80. The molecule has 30 heavy (non-hydrogen) atoms. The van der Waals surface area contributed by atoms with E-state index < -0.39 is 0 Å². The molecule has 1 aromatic heterocycles. The molecule has 0 unspecified atom stereocenters. The number of fused-ring (bicyclic) bond motifs is 1. The highest BCUT2D eigenvalue weighted by atomic mass is 32.1. The lowest BCUT2D eigenvalue weighted by Gasteiger charge is -2.27. The van der Waals surface area contributed by atoms with Crippen LogP contribution in [0.4, 0.5) is 5.13 Å². The number of rotatable bonds is 3. The molecule has 0 bridgehead atoms. The van der Waals surface area contributed by atoms with Crippen molar-refractivity contribution in [3.63, 3.8) is 0 Å². The van der Waals surface area contributed by atoms with Gasteiger partial charge >= 0.3 is 0 Å². The van der Waals surface area contributed by atoms with Crippen LogP contribution in [-0.4, -0.2) is 22.2 Å². The lowest BCUT2D eigenvalue weighted by Crippen LogP contribution is -2.19. The van der Waals surface area contributed by atoms with Gasteiger partial charge in [0.05, 0.1) is 16.4 Å². The average Bonchev–Trinajstić information content (AvgIpc) is 2.99. The third-order valence-corrected chi connectivity index (χ3v) is 5.64. The maximum absolute atomic E-state index is 12.5. The molecule has 0 aliphatic heterocycles. The zero-order valence-corrected chi connectivity index (χ0v) is 19.0. The molecule has 0 radical (unpaired) electrons. The average molecular weight is 425 g/mol. The van der Waals surface area contributed by atoms with Crippen LogP contribution < -0.4 is 11.2 Å². The number of aromatic hydroxyl groups is 1. The van der Waals surface area contributed by atoms with Crippen LogP contribution in [0, 0.1) is 0 Å². The summed E-state index contributed by atoms with van der Waals surface area (Å²) in [5.74, 6) is -0.000641. The van der Waals surface area contributed by atoms with E-state index in [1.54, 1.807) is 24.4 Å². The van der Waals surface area contributed by atoms with Gasteiger partial charge in [-0.25, -0.2) is 10.4 Å². The molecule has 0 fully saturated rings. The Morgan fingerprint density at radius 2 is 1.70 bits per heavy atom. The van der Waals surface area contributed by atoms with E-state index >= 15 is 0 Å². The van der Waals surface area contributed by atoms with E-state index in [-0.39, 0.29) is 16.7 Å². The number of thiazole rings is 1. The summed E-state index contributed by atoms with van der Waals surface area (Å²) in [6.45, 7) is 12.3. The first kappa shape index (κ1) is 21.8. The van der Waals surface area contributed by atoms with Gasteiger partial charge in [0.15, 0.2) is 5.13 Å². The summed E-state index contributed by atoms with van der Waals surface area (Å²) in [4.78, 5) is 16.7. The number of nitrogens with zero attached hydrogens (tertiary/aromatic N) is 2. The predicted molar refractivity (Wildman–Crippen MR) is 125 cm³/mol. The van der Waals surface area contributed by atoms with Crippen molar-refractivity contribution in [2.24, 2.45) is 5.10 Å². The van der Waals surface area contributed by atoms with E-state index in [0.29, 0.717) is 16.4 Å². The molecule has 0 atom stereocenters. The second-order valence-electron chi connectivity index (χ2n) is 9.40. The highest BCUT2D eigenvalue weighted by molar-refractivity contribution is 7.22. The van der Waals surface area contributed by atoms with Crippen LogP contribution in [0.15, 0.2) is 35.4 Å². The number of hydrogen-bond acceptors (Lipinski definition) is 6. The van der Waals surface area contributed by atoms with Gasteiger partial charge in [0, 0.05) is 16.7 Å². The Labute approximate surface area is 180 Å². The monoisotopic (exact) mass is 424 g/mol. The van der Waals surface area contributed by atoms with Gasteiger partial charge in [0.1, 0.15) is 5.75 Å². The van der Waals surface area contributed by atoms with Crippen molar-refractivity contribution in [3.05, 3.63) is 52.6 Å². The fourth-order valence-corrected chi connectivity index (χ4v) is 3.96. The largest absolute Gasteiger partial charge is 0.507 e. The van der Waals surface area contributed by atoms with Crippen LogP contribution in [0.25, 0.3) is 10.2 Å². The molecule has 158 valence electrons. The lowest BCUT2D eigenvalue weighted by atomic mass is 9.78. The zero-order valence-electron chi connectivity index (χ0n) is 18.2. The maximum atomic E-state index is 12.5. The summed E-state index contributed by atoms with van der Waals surface area (Å²) in [6.07, 6.45) is 1.60. The van der Waals surface area contributed by atoms with Crippen molar-refractivity contribution >= 4 is 38.8 Å². The van der Waals surface area contributed by atoms with E-state index in [9.17, 15) is 9.90 Å². The molecule has 1 heterocycles. The normalized spacial score (nSPS) is 12.6. The Morgan fingerprint density at radius 1 is 1.10 bits per heavy atom. The molecule has 0 aliphatic carbocycles. The first-order valence-corrected chi connectivity index (χ1v) is 10.6. The molecule has 6 nitrogen and oxygen atoms in total. The number of nitrogens with two attached hydrogens (primary N) is 1. The fourth-order valence-electron chi connectivity index (χ4n) is 3.19. The van der Waals surface area contributed by atoms with Gasteiger partial charge in [-0.05, 0) is 46.7 Å². The Kier molecular flexibility index (Phi) is 5.60. The maximum Gasteiger partial charge on any atom is 0.271 e. The van der Waals surface area contributed by atoms with Crippen molar-refractivity contribution in [1.29, 1.82) is 0 Å². The molecule has 2 aromatic carbocycles. The molecule has 4 N–H and O–H groups in total. The molecule has 0 aliphatic rings. The number of nitrogens with one attached hydrogen (secondary N) is 1. The number of phenolic OH excluding ortho intramolecular Hbond substituents is 1. The van der Waals surface area contributed by atoms with E-state index in [1.807, 2.05) is 12.1 Å². The van der Waals surface area contributed by atoms with Gasteiger partial charge in [-0.15, -0.1) is 0 Å². The van der Waals surface area contributed by atoms with Crippen LogP contribution in [0.5, 0.6) is 5.75 Å². The quantitative estimate of drug-likeness (QED) is 0.409. The van der Waals surface area contributed by atoms with Gasteiger partial charge in [0.2, 0.25) is 0 Å². The van der Waals surface area contributed by atoms with Crippen LogP contribution in [0.1, 0.15) is 68.6 Å². The van der Waals surface area contributed by atoms with E-state index in [2.05, 4.69) is 57.1 Å². The fraction of sp³-hybridized carbons (Fsp3) is 0.348. The van der Waals surface area contributed by atoms with Crippen LogP contribution in [-0.2, 0) is 10.8 Å². The van der Waals surface area contributed by atoms with Gasteiger partial charge in [-0.3, -0.25) is 4.79 Å². The Hall–Kier alpha value is -2.93. The molecule has 0 saturated carbocycles. The molecular formula is C23H28N4O2S. The van der Waals surface area contributed by atoms with E-state index in [1.165, 1.54) is 11.3 Å². The summed E-state index contributed by atoms with van der Waals surface area (Å²) in [7, 11) is 0. The van der Waals surface area contributed by atoms with Crippen LogP contribution in [0.3, 0.4) is 0 Å². The summed E-state index contributed by atoms with van der Waals surface area (Å²) in [5, 5.41) is 15.4. The number of phenols is 1. The van der Waals surface area contributed by atoms with Gasteiger partial charge in [-0.2, -0.15) is 5.10 Å². The summed E-state index contributed by atoms with van der Waals surface area (Å²) >= 11 is 1.34. The smallest absolute Gasteiger partial charge is 0.271 e. The predicted octanol–water partition coefficient (Wildman–Crippen LogP) is 4.94. The number of anilines is 1. The SMILES string of the molecule is CC(C)(C)c1cc(/C=N\NC(=O)c2ccc3nc(N)sc3c2)cc(C(C)(C)C)c1O. The van der Waals surface area contributed by atoms with Crippen LogP contribution in [0.2, 0.25) is 0 Å². The lowest BCUT2D eigenvalue weighted by molar-refractivity contribution is 0.0955. The third kappa shape index (κ3) is 4.62. The number of hydrogen-bond donors (Lipinski definition) is 3. The zero-order chi connectivity index (χ0) is 22.3. The summed E-state index contributed by atoms with van der Waals surface area (Å²) < 4.78 is 0.854. The Morgan fingerprint density at radius 3 is 2.27 bits per heavy atom. The second kappa shape index (κ2) is 7.72. The molecular weight excluding hydrogens is 396 g/mol. The number of benzene rings is 2. The van der Waals surface area contributed by atoms with Crippen molar-refractivity contribution in [3.8, 4) is 5.75 Å². The number of carbonyl (C=O) groups is 1. The topological polar surface area (TPSA) is 101 Å². The summed E-state index contributed by atoms with van der Waals surface area (Å²) in [5.41, 5.74) is 11.6. The number of hydrazone groups is 1. The molecule has 7 heteroatoms. The number of amides is 1. The highest BCUT2D eigenvalue weighted by Crippen LogP contribution is 2.39. The van der Waals surface area contributed by atoms with Crippen molar-refractivity contribution in [2.75, 3.05) is 5.73 Å². The van der Waals surface area contributed by atoms with Gasteiger partial charge < -0.3 is 10.8 Å². The standard InChI is InChI=1S/C23H28N4O2S/c1-22(2,3)15-9-13(10-16(19(15)28)23(4,5)6)12-25-27-20(29)14-7-8-17-18(11-14)30-21(24)26-17/h7-12,28H,1-6H3,(H2,24,26)(H,27,29)/b25-12-. The number of carbonyl (C=O) groups excluding carboxylic acids is 1. The van der Waals surface area contributed by atoms with Gasteiger partial charge in [-0.1, -0.05) is 52.9 Å². The number of nitrogen functional groups attached to an aromatic ring is 1.